The first kappa shape index (κ1) is 12.3. The van der Waals surface area contributed by atoms with Gasteiger partial charge < -0.3 is 0 Å². The van der Waals surface area contributed by atoms with Crippen molar-refractivity contribution in [3.05, 3.63) is 29.8 Å². The molecule has 0 aliphatic carbocycles. The van der Waals surface area contributed by atoms with E-state index in [2.05, 4.69) is 45.2 Å². The summed E-state index contributed by atoms with van der Waals surface area (Å²) < 4.78 is 3.77. The summed E-state index contributed by atoms with van der Waals surface area (Å²) in [5, 5.41) is 13.6. The predicted octanol–water partition coefficient (Wildman–Crippen LogP) is 2.04. The Bertz CT molecular complexity index is 474. The molecule has 0 saturated carbocycles. The summed E-state index contributed by atoms with van der Waals surface area (Å²) in [4.78, 5) is 0. The molecule has 0 saturated heterocycles. The molecular formula is C11H16BrN5. The van der Waals surface area contributed by atoms with E-state index >= 15 is 0 Å². The van der Waals surface area contributed by atoms with Crippen LogP contribution < -0.4 is 0 Å². The molecule has 2 rings (SSSR count). The topological polar surface area (TPSA) is 48.5 Å². The summed E-state index contributed by atoms with van der Waals surface area (Å²) >= 11 is 3.39. The van der Waals surface area contributed by atoms with Gasteiger partial charge in [0, 0.05) is 30.2 Å². The number of aryl methyl sites for hydroxylation is 1. The highest BCUT2D eigenvalue weighted by atomic mass is 79.9. The smallest absolute Gasteiger partial charge is 0.0867 e. The van der Waals surface area contributed by atoms with Gasteiger partial charge in [0.2, 0.25) is 0 Å². The summed E-state index contributed by atoms with van der Waals surface area (Å²) in [5.41, 5.74) is 2.01. The molecule has 0 N–H and O–H groups in total. The fourth-order valence-corrected chi connectivity index (χ4v) is 1.95. The van der Waals surface area contributed by atoms with Crippen LogP contribution in [-0.2, 0) is 13.0 Å². The van der Waals surface area contributed by atoms with Crippen LogP contribution in [0.15, 0.2) is 18.5 Å². The van der Waals surface area contributed by atoms with Crippen molar-refractivity contribution in [1.82, 2.24) is 24.8 Å². The van der Waals surface area contributed by atoms with E-state index in [1.165, 1.54) is 0 Å². The van der Waals surface area contributed by atoms with E-state index in [1.54, 1.807) is 0 Å². The van der Waals surface area contributed by atoms with Crippen LogP contribution in [0.4, 0.5) is 0 Å². The van der Waals surface area contributed by atoms with Crippen LogP contribution in [0.3, 0.4) is 0 Å². The molecule has 0 radical (unpaired) electrons. The summed E-state index contributed by atoms with van der Waals surface area (Å²) in [6, 6.07) is 2.41. The van der Waals surface area contributed by atoms with Gasteiger partial charge in [0.15, 0.2) is 0 Å². The monoisotopic (exact) mass is 297 g/mol. The molecule has 2 aromatic heterocycles. The van der Waals surface area contributed by atoms with Crippen LogP contribution in [0, 0.1) is 0 Å². The number of halogens is 1. The van der Waals surface area contributed by atoms with Crippen molar-refractivity contribution < 1.29 is 0 Å². The van der Waals surface area contributed by atoms with E-state index in [1.807, 2.05) is 27.8 Å². The highest BCUT2D eigenvalue weighted by Gasteiger charge is 2.05. The van der Waals surface area contributed by atoms with Gasteiger partial charge in [0.1, 0.15) is 0 Å². The average Bonchev–Trinajstić information content (AvgIpc) is 2.89. The fraction of sp³-hybridized carbons (Fsp3) is 0.545. The third-order valence-electron chi connectivity index (χ3n) is 2.45. The van der Waals surface area contributed by atoms with Gasteiger partial charge in [-0.25, -0.2) is 4.68 Å². The minimum Gasteiger partial charge on any atom is -0.270 e. The van der Waals surface area contributed by atoms with Crippen molar-refractivity contribution in [2.24, 2.45) is 0 Å². The Morgan fingerprint density at radius 2 is 2.18 bits per heavy atom. The molecule has 92 valence electrons. The largest absolute Gasteiger partial charge is 0.270 e. The molecule has 2 heterocycles. The molecule has 0 atom stereocenters. The Balaban J connectivity index is 2.03. The molecule has 0 aliphatic heterocycles. The van der Waals surface area contributed by atoms with Crippen LogP contribution >= 0.6 is 15.9 Å². The van der Waals surface area contributed by atoms with Gasteiger partial charge in [-0.1, -0.05) is 21.1 Å². The Kier molecular flexibility index (Phi) is 3.93. The molecule has 17 heavy (non-hydrogen) atoms. The van der Waals surface area contributed by atoms with Gasteiger partial charge in [0.05, 0.1) is 17.9 Å². The molecular weight excluding hydrogens is 282 g/mol. The highest BCUT2D eigenvalue weighted by Crippen LogP contribution is 2.06. The zero-order valence-corrected chi connectivity index (χ0v) is 11.6. The van der Waals surface area contributed by atoms with Crippen molar-refractivity contribution in [3.8, 4) is 0 Å². The Morgan fingerprint density at radius 3 is 2.82 bits per heavy atom. The first-order valence-corrected chi connectivity index (χ1v) is 6.80. The summed E-state index contributed by atoms with van der Waals surface area (Å²) in [7, 11) is 0. The lowest BCUT2D eigenvalue weighted by Gasteiger charge is -2.03. The number of hydrogen-bond donors (Lipinski definition) is 0. The zero-order chi connectivity index (χ0) is 12.3. The Labute approximate surface area is 109 Å². The number of alkyl halides is 1. The molecule has 0 spiro atoms. The van der Waals surface area contributed by atoms with Crippen molar-refractivity contribution in [3.63, 3.8) is 0 Å². The molecule has 6 heteroatoms. The first-order chi connectivity index (χ1) is 8.19. The van der Waals surface area contributed by atoms with E-state index in [9.17, 15) is 0 Å². The number of nitrogens with zero attached hydrogens (tertiary/aromatic N) is 5. The average molecular weight is 298 g/mol. The first-order valence-electron chi connectivity index (χ1n) is 5.68. The van der Waals surface area contributed by atoms with Crippen molar-refractivity contribution >= 4 is 15.9 Å². The van der Waals surface area contributed by atoms with Crippen LogP contribution in [0.5, 0.6) is 0 Å². The standard InChI is InChI=1S/C11H16BrN5/c1-9(2)17-6-4-11(14-17)8-16-7-10(3-5-12)13-15-16/h4,6-7,9H,3,5,8H2,1-2H3. The maximum Gasteiger partial charge on any atom is 0.0867 e. The molecule has 0 aromatic carbocycles. The predicted molar refractivity (Wildman–Crippen MR) is 69.2 cm³/mol. The molecule has 0 aliphatic rings. The molecule has 2 aromatic rings. The minimum atomic E-state index is 0.392. The van der Waals surface area contributed by atoms with E-state index in [-0.39, 0.29) is 0 Å². The van der Waals surface area contributed by atoms with Gasteiger partial charge >= 0.3 is 0 Å². The third kappa shape index (κ3) is 3.15. The number of rotatable bonds is 5. The van der Waals surface area contributed by atoms with Crippen LogP contribution in [0.25, 0.3) is 0 Å². The van der Waals surface area contributed by atoms with Gasteiger partial charge in [-0.05, 0) is 19.9 Å². The van der Waals surface area contributed by atoms with E-state index in [4.69, 9.17) is 0 Å². The lowest BCUT2D eigenvalue weighted by atomic mass is 10.4. The number of aromatic nitrogens is 5. The second-order valence-electron chi connectivity index (χ2n) is 4.23. The van der Waals surface area contributed by atoms with Crippen LogP contribution in [0.2, 0.25) is 0 Å². The van der Waals surface area contributed by atoms with Gasteiger partial charge in [0.25, 0.3) is 0 Å². The maximum atomic E-state index is 4.48. The van der Waals surface area contributed by atoms with Crippen molar-refractivity contribution in [2.75, 3.05) is 5.33 Å². The van der Waals surface area contributed by atoms with Crippen molar-refractivity contribution in [2.45, 2.75) is 32.9 Å². The second kappa shape index (κ2) is 5.44. The lowest BCUT2D eigenvalue weighted by Crippen LogP contribution is -2.05. The third-order valence-corrected chi connectivity index (χ3v) is 2.85. The van der Waals surface area contributed by atoms with E-state index in [0.29, 0.717) is 12.6 Å². The molecule has 5 nitrogen and oxygen atoms in total. The summed E-state index contributed by atoms with van der Waals surface area (Å²) in [6.45, 7) is 4.90. The number of hydrogen-bond acceptors (Lipinski definition) is 3. The quantitative estimate of drug-likeness (QED) is 0.794. The van der Waals surface area contributed by atoms with Gasteiger partial charge in [-0.15, -0.1) is 5.10 Å². The van der Waals surface area contributed by atoms with Gasteiger partial charge in [-0.3, -0.25) is 4.68 Å². The molecule has 0 bridgehead atoms. The summed E-state index contributed by atoms with van der Waals surface area (Å²) in [6.07, 6.45) is 4.87. The van der Waals surface area contributed by atoms with E-state index < -0.39 is 0 Å². The maximum absolute atomic E-state index is 4.48. The molecule has 0 unspecified atom stereocenters. The van der Waals surface area contributed by atoms with Crippen LogP contribution in [-0.4, -0.2) is 30.1 Å². The highest BCUT2D eigenvalue weighted by molar-refractivity contribution is 9.09. The van der Waals surface area contributed by atoms with Gasteiger partial charge in [-0.2, -0.15) is 5.10 Å². The zero-order valence-electron chi connectivity index (χ0n) is 10.0. The Hall–Kier alpha value is -1.17. The van der Waals surface area contributed by atoms with Crippen LogP contribution in [0.1, 0.15) is 31.3 Å². The minimum absolute atomic E-state index is 0.392. The van der Waals surface area contributed by atoms with Crippen molar-refractivity contribution in [1.29, 1.82) is 0 Å². The SMILES string of the molecule is CC(C)n1ccc(Cn2cc(CCBr)nn2)n1. The second-order valence-corrected chi connectivity index (χ2v) is 5.02. The fourth-order valence-electron chi connectivity index (χ4n) is 1.54. The molecule has 0 amide bonds. The normalized spacial score (nSPS) is 11.3. The van der Waals surface area contributed by atoms with E-state index in [0.717, 1.165) is 23.1 Å². The lowest BCUT2D eigenvalue weighted by molar-refractivity contribution is 0.519. The molecule has 0 fully saturated rings. The Morgan fingerprint density at radius 1 is 1.35 bits per heavy atom. The summed E-state index contributed by atoms with van der Waals surface area (Å²) in [5.74, 6) is 0.